The van der Waals surface area contributed by atoms with Crippen molar-refractivity contribution in [3.05, 3.63) is 35.7 Å². The molecule has 8 heteroatoms. The van der Waals surface area contributed by atoms with Gasteiger partial charge in [0.1, 0.15) is 0 Å². The van der Waals surface area contributed by atoms with Gasteiger partial charge in [0.05, 0.1) is 19.3 Å². The quantitative estimate of drug-likeness (QED) is 0.737. The van der Waals surface area contributed by atoms with E-state index in [2.05, 4.69) is 15.0 Å². The van der Waals surface area contributed by atoms with Crippen molar-refractivity contribution in [2.24, 2.45) is 0 Å². The lowest BCUT2D eigenvalue weighted by molar-refractivity contribution is -0.0512. The summed E-state index contributed by atoms with van der Waals surface area (Å²) in [6, 6.07) is 4.74. The van der Waals surface area contributed by atoms with E-state index < -0.39 is 6.61 Å². The smallest absolute Gasteiger partial charge is 0.387 e. The standard InChI is InChI=1S/C13H14ClF2N3O2/c1-20-12-6-9(2-3-11(12)21-13(15)16)7-19-8-10(4-5-14)17-18-19/h2-3,6,8,13H,4-5,7H2,1H3. The second-order valence-electron chi connectivity index (χ2n) is 4.21. The van der Waals surface area contributed by atoms with E-state index in [0.29, 0.717) is 18.8 Å². The highest BCUT2D eigenvalue weighted by atomic mass is 35.5. The fourth-order valence-corrected chi connectivity index (χ4v) is 2.01. The average molecular weight is 318 g/mol. The number of aryl methyl sites for hydroxylation is 1. The van der Waals surface area contributed by atoms with Crippen molar-refractivity contribution in [3.8, 4) is 11.5 Å². The van der Waals surface area contributed by atoms with Gasteiger partial charge >= 0.3 is 6.61 Å². The lowest BCUT2D eigenvalue weighted by atomic mass is 10.2. The third kappa shape index (κ3) is 4.29. The molecule has 0 unspecified atom stereocenters. The van der Waals surface area contributed by atoms with Gasteiger partial charge in [0.25, 0.3) is 0 Å². The first-order valence-electron chi connectivity index (χ1n) is 6.19. The monoisotopic (exact) mass is 317 g/mol. The van der Waals surface area contributed by atoms with E-state index >= 15 is 0 Å². The van der Waals surface area contributed by atoms with Gasteiger partial charge in [-0.05, 0) is 17.7 Å². The second-order valence-corrected chi connectivity index (χ2v) is 4.59. The number of hydrogen-bond donors (Lipinski definition) is 0. The molecule has 0 saturated heterocycles. The summed E-state index contributed by atoms with van der Waals surface area (Å²) in [6.07, 6.45) is 2.43. The molecule has 0 aliphatic carbocycles. The summed E-state index contributed by atoms with van der Waals surface area (Å²) in [5, 5.41) is 7.95. The van der Waals surface area contributed by atoms with Crippen molar-refractivity contribution >= 4 is 11.6 Å². The molecular formula is C13H14ClF2N3O2. The van der Waals surface area contributed by atoms with E-state index in [1.54, 1.807) is 23.0 Å². The summed E-state index contributed by atoms with van der Waals surface area (Å²) >= 11 is 5.64. The predicted molar refractivity (Wildman–Crippen MR) is 73.2 cm³/mol. The van der Waals surface area contributed by atoms with Crippen LogP contribution in [0.1, 0.15) is 11.3 Å². The number of rotatable bonds is 7. The fraction of sp³-hybridized carbons (Fsp3) is 0.385. The third-order valence-corrected chi connectivity index (χ3v) is 2.91. The molecule has 0 atom stereocenters. The van der Waals surface area contributed by atoms with Crippen LogP contribution in [0, 0.1) is 0 Å². The van der Waals surface area contributed by atoms with Gasteiger partial charge in [-0.25, -0.2) is 4.68 Å². The Bertz CT molecular complexity index is 593. The maximum absolute atomic E-state index is 12.2. The maximum atomic E-state index is 12.2. The van der Waals surface area contributed by atoms with E-state index in [4.69, 9.17) is 16.3 Å². The van der Waals surface area contributed by atoms with Crippen LogP contribution in [-0.4, -0.2) is 34.6 Å². The van der Waals surface area contributed by atoms with Gasteiger partial charge in [-0.2, -0.15) is 8.78 Å². The highest BCUT2D eigenvalue weighted by Gasteiger charge is 2.11. The Morgan fingerprint density at radius 2 is 2.14 bits per heavy atom. The number of aromatic nitrogens is 3. The average Bonchev–Trinajstić information content (AvgIpc) is 2.87. The zero-order valence-corrected chi connectivity index (χ0v) is 12.1. The summed E-state index contributed by atoms with van der Waals surface area (Å²) in [7, 11) is 1.39. The molecular weight excluding hydrogens is 304 g/mol. The minimum absolute atomic E-state index is 0.00216. The van der Waals surface area contributed by atoms with Gasteiger partial charge in [-0.1, -0.05) is 11.3 Å². The maximum Gasteiger partial charge on any atom is 0.387 e. The minimum Gasteiger partial charge on any atom is -0.493 e. The topological polar surface area (TPSA) is 49.2 Å². The number of alkyl halides is 3. The fourth-order valence-electron chi connectivity index (χ4n) is 1.82. The van der Waals surface area contributed by atoms with Crippen LogP contribution in [0.15, 0.2) is 24.4 Å². The van der Waals surface area contributed by atoms with Gasteiger partial charge < -0.3 is 9.47 Å². The summed E-state index contributed by atoms with van der Waals surface area (Å²) in [6.45, 7) is -2.45. The van der Waals surface area contributed by atoms with Crippen LogP contribution in [0.5, 0.6) is 11.5 Å². The van der Waals surface area contributed by atoms with Crippen molar-refractivity contribution < 1.29 is 18.3 Å². The zero-order chi connectivity index (χ0) is 15.2. The molecule has 114 valence electrons. The van der Waals surface area contributed by atoms with E-state index in [-0.39, 0.29) is 11.5 Å². The Kier molecular flexibility index (Phi) is 5.32. The highest BCUT2D eigenvalue weighted by molar-refractivity contribution is 6.17. The second kappa shape index (κ2) is 7.21. The molecule has 2 aromatic rings. The van der Waals surface area contributed by atoms with Crippen LogP contribution in [0.25, 0.3) is 0 Å². The van der Waals surface area contributed by atoms with Crippen molar-refractivity contribution in [2.75, 3.05) is 13.0 Å². The van der Waals surface area contributed by atoms with Crippen molar-refractivity contribution in [1.29, 1.82) is 0 Å². The molecule has 5 nitrogen and oxygen atoms in total. The van der Waals surface area contributed by atoms with Crippen LogP contribution in [0.3, 0.4) is 0 Å². The highest BCUT2D eigenvalue weighted by Crippen LogP contribution is 2.29. The van der Waals surface area contributed by atoms with E-state index in [1.807, 2.05) is 0 Å². The summed E-state index contributed by atoms with van der Waals surface area (Å²) in [5.74, 6) is 0.721. The molecule has 0 radical (unpaired) electrons. The number of methoxy groups -OCH3 is 1. The molecule has 0 aliphatic heterocycles. The molecule has 0 saturated carbocycles. The molecule has 1 aromatic heterocycles. The zero-order valence-electron chi connectivity index (χ0n) is 11.3. The number of hydrogen-bond acceptors (Lipinski definition) is 4. The first-order valence-corrected chi connectivity index (χ1v) is 6.72. The molecule has 0 N–H and O–H groups in total. The number of nitrogens with zero attached hydrogens (tertiary/aromatic N) is 3. The summed E-state index contributed by atoms with van der Waals surface area (Å²) in [4.78, 5) is 0. The van der Waals surface area contributed by atoms with Gasteiger partial charge in [-0.3, -0.25) is 0 Å². The molecule has 0 fully saturated rings. The molecule has 1 heterocycles. The van der Waals surface area contributed by atoms with Gasteiger partial charge in [0.2, 0.25) is 0 Å². The largest absolute Gasteiger partial charge is 0.493 e. The minimum atomic E-state index is -2.89. The molecule has 2 rings (SSSR count). The predicted octanol–water partition coefficient (Wildman–Crippen LogP) is 2.72. The number of benzene rings is 1. The number of halogens is 3. The lowest BCUT2D eigenvalue weighted by Gasteiger charge is -2.11. The van der Waals surface area contributed by atoms with E-state index in [1.165, 1.54) is 13.2 Å². The third-order valence-electron chi connectivity index (χ3n) is 2.73. The van der Waals surface area contributed by atoms with E-state index in [0.717, 1.165) is 11.3 Å². The van der Waals surface area contributed by atoms with Crippen LogP contribution in [0.4, 0.5) is 8.78 Å². The van der Waals surface area contributed by atoms with Crippen LogP contribution >= 0.6 is 11.6 Å². The normalized spacial score (nSPS) is 10.9. The Hall–Kier alpha value is -1.89. The van der Waals surface area contributed by atoms with Crippen molar-refractivity contribution in [2.45, 2.75) is 19.6 Å². The summed E-state index contributed by atoms with van der Waals surface area (Å²) in [5.41, 5.74) is 1.63. The Morgan fingerprint density at radius 1 is 1.33 bits per heavy atom. The van der Waals surface area contributed by atoms with Crippen LogP contribution < -0.4 is 9.47 Å². The molecule has 0 bridgehead atoms. The molecule has 0 aliphatic rings. The summed E-state index contributed by atoms with van der Waals surface area (Å²) < 4.78 is 35.6. The SMILES string of the molecule is COc1cc(Cn2cc(CCCl)nn2)ccc1OC(F)F. The van der Waals surface area contributed by atoms with Gasteiger partial charge in [-0.15, -0.1) is 16.7 Å². The van der Waals surface area contributed by atoms with Crippen LogP contribution in [-0.2, 0) is 13.0 Å². The Balaban J connectivity index is 2.12. The van der Waals surface area contributed by atoms with Crippen molar-refractivity contribution in [1.82, 2.24) is 15.0 Å². The molecule has 21 heavy (non-hydrogen) atoms. The molecule has 0 spiro atoms. The van der Waals surface area contributed by atoms with E-state index in [9.17, 15) is 8.78 Å². The first-order chi connectivity index (χ1) is 10.1. The van der Waals surface area contributed by atoms with Crippen molar-refractivity contribution in [3.63, 3.8) is 0 Å². The van der Waals surface area contributed by atoms with Gasteiger partial charge in [0, 0.05) is 18.5 Å². The lowest BCUT2D eigenvalue weighted by Crippen LogP contribution is -2.05. The number of ether oxygens (including phenoxy) is 2. The van der Waals surface area contributed by atoms with Gasteiger partial charge in [0.15, 0.2) is 11.5 Å². The molecule has 1 aromatic carbocycles. The first kappa shape index (κ1) is 15.5. The Morgan fingerprint density at radius 3 is 2.81 bits per heavy atom. The Labute approximate surface area is 125 Å². The molecule has 0 amide bonds. The van der Waals surface area contributed by atoms with Crippen LogP contribution in [0.2, 0.25) is 0 Å².